The lowest BCUT2D eigenvalue weighted by Crippen LogP contribution is -2.51. The molecule has 0 saturated heterocycles. The van der Waals surface area contributed by atoms with Gasteiger partial charge in [0, 0.05) is 13.1 Å². The number of anilines is 1. The van der Waals surface area contributed by atoms with Crippen LogP contribution in [0.2, 0.25) is 0 Å². The Morgan fingerprint density at radius 2 is 1.59 bits per heavy atom. The normalized spacial score (nSPS) is 11.8. The van der Waals surface area contributed by atoms with E-state index in [1.807, 2.05) is 0 Å². The number of hydrogen-bond acceptors (Lipinski definition) is 6. The van der Waals surface area contributed by atoms with Crippen molar-refractivity contribution < 1.29 is 31.9 Å². The van der Waals surface area contributed by atoms with Crippen molar-refractivity contribution in [3.63, 3.8) is 0 Å². The van der Waals surface area contributed by atoms with Crippen LogP contribution in [0.5, 0.6) is 11.5 Å². The quantitative estimate of drug-likeness (QED) is 0.365. The number of carbonyl (C=O) groups excluding carboxylic acids is 2. The fraction of sp³-hybridized carbons (Fsp3) is 0.286. The van der Waals surface area contributed by atoms with Crippen LogP contribution in [-0.2, 0) is 26.2 Å². The minimum atomic E-state index is -4.27. The molecule has 0 fully saturated rings. The van der Waals surface area contributed by atoms with Crippen molar-refractivity contribution in [3.8, 4) is 11.5 Å². The number of rotatable bonds is 12. The molecule has 3 aromatic carbocycles. The highest BCUT2D eigenvalue weighted by Gasteiger charge is 2.32. The van der Waals surface area contributed by atoms with Crippen molar-refractivity contribution in [3.05, 3.63) is 84.2 Å². The Labute approximate surface area is 228 Å². The molecule has 2 amide bonds. The number of likely N-dealkylation sites (N-methyl/N-ethyl adjacent to an activating group) is 1. The first-order chi connectivity index (χ1) is 18.6. The lowest BCUT2D eigenvalue weighted by Gasteiger charge is -2.32. The van der Waals surface area contributed by atoms with Gasteiger partial charge < -0.3 is 19.7 Å². The third-order valence-electron chi connectivity index (χ3n) is 6.05. The number of ether oxygens (including phenoxy) is 2. The third-order valence-corrected chi connectivity index (χ3v) is 7.83. The SMILES string of the molecule is CCNC(=O)[C@H](C)N(Cc1cccc(OC)c1)C(=O)CN(c1ccc(F)cc1)S(=O)(=O)c1ccc(OC)cc1. The zero-order valence-electron chi connectivity index (χ0n) is 22.3. The highest BCUT2D eigenvalue weighted by atomic mass is 32.2. The standard InChI is InChI=1S/C28H32FN3O6S/c1-5-30-28(34)20(2)31(18-21-7-6-8-25(17-21)38-4)27(33)19-32(23-11-9-22(29)10-12-23)39(35,36)26-15-13-24(37-3)14-16-26/h6-17,20H,5,18-19H2,1-4H3,(H,30,34)/t20-/m0/s1. The number of methoxy groups -OCH3 is 2. The van der Waals surface area contributed by atoms with E-state index in [1.165, 1.54) is 55.5 Å². The molecule has 0 aromatic heterocycles. The second kappa shape index (κ2) is 13.1. The van der Waals surface area contributed by atoms with Crippen LogP contribution >= 0.6 is 0 Å². The van der Waals surface area contributed by atoms with E-state index < -0.39 is 34.3 Å². The van der Waals surface area contributed by atoms with E-state index in [0.29, 0.717) is 23.6 Å². The average Bonchev–Trinajstić information content (AvgIpc) is 2.94. The van der Waals surface area contributed by atoms with Crippen LogP contribution in [0.3, 0.4) is 0 Å². The second-order valence-corrected chi connectivity index (χ2v) is 10.5. The number of nitrogens with zero attached hydrogens (tertiary/aromatic N) is 2. The zero-order valence-corrected chi connectivity index (χ0v) is 23.1. The van der Waals surface area contributed by atoms with Crippen LogP contribution in [0.15, 0.2) is 77.7 Å². The lowest BCUT2D eigenvalue weighted by molar-refractivity contribution is -0.139. The molecule has 1 N–H and O–H groups in total. The maximum Gasteiger partial charge on any atom is 0.264 e. The first-order valence-corrected chi connectivity index (χ1v) is 13.7. The van der Waals surface area contributed by atoms with Gasteiger partial charge in [-0.3, -0.25) is 13.9 Å². The molecule has 1 atom stereocenters. The second-order valence-electron chi connectivity index (χ2n) is 8.61. The van der Waals surface area contributed by atoms with Crippen molar-refractivity contribution in [1.82, 2.24) is 10.2 Å². The number of amides is 2. The van der Waals surface area contributed by atoms with E-state index in [-0.39, 0.29) is 23.0 Å². The van der Waals surface area contributed by atoms with E-state index in [0.717, 1.165) is 16.4 Å². The summed E-state index contributed by atoms with van der Waals surface area (Å²) >= 11 is 0. The molecule has 0 spiro atoms. The van der Waals surface area contributed by atoms with Crippen molar-refractivity contribution in [2.75, 3.05) is 31.6 Å². The molecule has 0 heterocycles. The Balaban J connectivity index is 2.02. The molecule has 3 aromatic rings. The molecule has 11 heteroatoms. The number of carbonyl (C=O) groups is 2. The summed E-state index contributed by atoms with van der Waals surface area (Å²) in [6, 6.07) is 16.6. The summed E-state index contributed by atoms with van der Waals surface area (Å²) in [5, 5.41) is 2.70. The van der Waals surface area contributed by atoms with Gasteiger partial charge in [0.1, 0.15) is 29.9 Å². The molecule has 3 rings (SSSR count). The maximum atomic E-state index is 13.8. The molecule has 0 aliphatic rings. The largest absolute Gasteiger partial charge is 0.497 e. The lowest BCUT2D eigenvalue weighted by atomic mass is 10.1. The minimum Gasteiger partial charge on any atom is -0.497 e. The molecule has 0 aliphatic carbocycles. The topological polar surface area (TPSA) is 105 Å². The smallest absolute Gasteiger partial charge is 0.264 e. The van der Waals surface area contributed by atoms with Crippen molar-refractivity contribution in [2.45, 2.75) is 31.3 Å². The van der Waals surface area contributed by atoms with Gasteiger partial charge in [-0.15, -0.1) is 0 Å². The summed E-state index contributed by atoms with van der Waals surface area (Å²) in [7, 11) is -1.30. The van der Waals surface area contributed by atoms with Crippen LogP contribution in [0.1, 0.15) is 19.4 Å². The Morgan fingerprint density at radius 1 is 0.949 bits per heavy atom. The fourth-order valence-electron chi connectivity index (χ4n) is 3.88. The van der Waals surface area contributed by atoms with Gasteiger partial charge in [-0.05, 0) is 80.1 Å². The predicted molar refractivity (Wildman–Crippen MR) is 146 cm³/mol. The third kappa shape index (κ3) is 7.26. The summed E-state index contributed by atoms with van der Waals surface area (Å²) < 4.78 is 52.5. The first kappa shape index (κ1) is 29.4. The molecule has 0 bridgehead atoms. The highest BCUT2D eigenvalue weighted by Crippen LogP contribution is 2.26. The molecular formula is C28H32FN3O6S. The van der Waals surface area contributed by atoms with E-state index in [4.69, 9.17) is 9.47 Å². The Bertz CT molecular complexity index is 1380. The van der Waals surface area contributed by atoms with Gasteiger partial charge in [0.2, 0.25) is 11.8 Å². The molecule has 0 radical (unpaired) electrons. The van der Waals surface area contributed by atoms with E-state index >= 15 is 0 Å². The van der Waals surface area contributed by atoms with Gasteiger partial charge >= 0.3 is 0 Å². The highest BCUT2D eigenvalue weighted by molar-refractivity contribution is 7.92. The van der Waals surface area contributed by atoms with Crippen LogP contribution < -0.4 is 19.1 Å². The summed E-state index contributed by atoms with van der Waals surface area (Å²) in [4.78, 5) is 27.8. The van der Waals surface area contributed by atoms with Gasteiger partial charge in [0.25, 0.3) is 10.0 Å². The Morgan fingerprint density at radius 3 is 2.18 bits per heavy atom. The Kier molecular flexibility index (Phi) is 9.89. The Hall–Kier alpha value is -4.12. The fourth-order valence-corrected chi connectivity index (χ4v) is 5.30. The van der Waals surface area contributed by atoms with E-state index in [2.05, 4.69) is 5.32 Å². The number of benzene rings is 3. The van der Waals surface area contributed by atoms with Crippen LogP contribution in [-0.4, -0.2) is 58.5 Å². The predicted octanol–water partition coefficient (Wildman–Crippen LogP) is 3.59. The van der Waals surface area contributed by atoms with Crippen molar-refractivity contribution in [2.24, 2.45) is 0 Å². The minimum absolute atomic E-state index is 0.0220. The summed E-state index contributed by atoms with van der Waals surface area (Å²) in [5.74, 6) is -0.548. The van der Waals surface area contributed by atoms with Gasteiger partial charge in [-0.2, -0.15) is 0 Å². The number of hydrogen-bond donors (Lipinski definition) is 1. The van der Waals surface area contributed by atoms with Crippen LogP contribution in [0.4, 0.5) is 10.1 Å². The van der Waals surface area contributed by atoms with Crippen molar-refractivity contribution in [1.29, 1.82) is 0 Å². The van der Waals surface area contributed by atoms with Gasteiger partial charge in [0.05, 0.1) is 24.8 Å². The zero-order chi connectivity index (χ0) is 28.6. The molecule has 0 unspecified atom stereocenters. The summed E-state index contributed by atoms with van der Waals surface area (Å²) in [6.07, 6.45) is 0. The van der Waals surface area contributed by atoms with Crippen molar-refractivity contribution >= 4 is 27.5 Å². The number of sulfonamides is 1. The summed E-state index contributed by atoms with van der Waals surface area (Å²) in [5.41, 5.74) is 0.776. The molecule has 0 saturated carbocycles. The molecule has 39 heavy (non-hydrogen) atoms. The maximum absolute atomic E-state index is 13.8. The molecule has 9 nitrogen and oxygen atoms in total. The molecule has 208 valence electrons. The van der Waals surface area contributed by atoms with Gasteiger partial charge in [-0.1, -0.05) is 12.1 Å². The average molecular weight is 558 g/mol. The summed E-state index contributed by atoms with van der Waals surface area (Å²) in [6.45, 7) is 3.08. The van der Waals surface area contributed by atoms with E-state index in [9.17, 15) is 22.4 Å². The van der Waals surface area contributed by atoms with Gasteiger partial charge in [0.15, 0.2) is 0 Å². The van der Waals surface area contributed by atoms with Crippen LogP contribution in [0, 0.1) is 5.82 Å². The molecular weight excluding hydrogens is 525 g/mol. The molecule has 0 aliphatic heterocycles. The number of halogens is 1. The monoisotopic (exact) mass is 557 g/mol. The van der Waals surface area contributed by atoms with Crippen LogP contribution in [0.25, 0.3) is 0 Å². The van der Waals surface area contributed by atoms with Gasteiger partial charge in [-0.25, -0.2) is 12.8 Å². The van der Waals surface area contributed by atoms with E-state index in [1.54, 1.807) is 38.1 Å². The number of nitrogens with one attached hydrogen (secondary N) is 1. The first-order valence-electron chi connectivity index (χ1n) is 12.2.